The van der Waals surface area contributed by atoms with Gasteiger partial charge in [-0.05, 0) is 83.5 Å². The van der Waals surface area contributed by atoms with Gasteiger partial charge in [-0.1, -0.05) is 284 Å². The minimum Gasteiger partial charge on any atom is -0.394 e. The maximum Gasteiger partial charge on any atom is 0.220 e. The molecule has 3 heterocycles. The van der Waals surface area contributed by atoms with Crippen molar-refractivity contribution >= 4 is 5.91 Å². The predicted octanol–water partition coefficient (Wildman–Crippen LogP) is 12.8. The minimum atomic E-state index is -1.99. The van der Waals surface area contributed by atoms with E-state index in [1.165, 1.54) is 154 Å². The van der Waals surface area contributed by atoms with Crippen molar-refractivity contribution in [1.82, 2.24) is 5.32 Å². The maximum atomic E-state index is 13.5. The van der Waals surface area contributed by atoms with E-state index in [1.807, 2.05) is 6.08 Å². The van der Waals surface area contributed by atoms with Crippen LogP contribution in [0.4, 0.5) is 0 Å². The van der Waals surface area contributed by atoms with Crippen molar-refractivity contribution in [3.05, 3.63) is 97.2 Å². The summed E-state index contributed by atoms with van der Waals surface area (Å²) in [5.74, 6) is -0.289. The smallest absolute Gasteiger partial charge is 0.220 e. The lowest BCUT2D eigenvalue weighted by Crippen LogP contribution is -2.66. The number of hydrogen-bond acceptors (Lipinski definition) is 18. The van der Waals surface area contributed by atoms with E-state index in [0.29, 0.717) is 12.8 Å². The van der Waals surface area contributed by atoms with E-state index in [2.05, 4.69) is 104 Å². The largest absolute Gasteiger partial charge is 0.394 e. The molecule has 17 atom stereocenters. The Kier molecular flexibility index (Phi) is 55.4. The fourth-order valence-corrected chi connectivity index (χ4v) is 12.8. The molecule has 19 heteroatoms. The van der Waals surface area contributed by atoms with Gasteiger partial charge in [0.2, 0.25) is 5.91 Å². The third kappa shape index (κ3) is 40.8. The topological polar surface area (TPSA) is 307 Å². The van der Waals surface area contributed by atoms with Crippen molar-refractivity contribution in [3.63, 3.8) is 0 Å². The molecule has 578 valence electrons. The van der Waals surface area contributed by atoms with Crippen molar-refractivity contribution in [2.45, 2.75) is 381 Å². The van der Waals surface area contributed by atoms with Crippen LogP contribution in [0.5, 0.6) is 0 Å². The number of amides is 1. The highest BCUT2D eigenvalue weighted by molar-refractivity contribution is 5.76. The van der Waals surface area contributed by atoms with E-state index >= 15 is 0 Å². The summed E-state index contributed by atoms with van der Waals surface area (Å²) in [6, 6.07) is -0.998. The number of hydrogen-bond donors (Lipinski definition) is 12. The average Bonchev–Trinajstić information content (AvgIpc) is 0.783. The van der Waals surface area contributed by atoms with Gasteiger partial charge in [0.05, 0.1) is 38.6 Å². The van der Waals surface area contributed by atoms with E-state index in [-0.39, 0.29) is 18.9 Å². The van der Waals surface area contributed by atoms with Crippen molar-refractivity contribution in [3.8, 4) is 0 Å². The standard InChI is InChI=1S/C81H141NO18/c1-3-5-7-9-11-13-15-17-19-21-23-25-27-29-30-31-32-33-34-35-37-39-41-43-45-47-49-51-53-55-57-59-69(87)82-64(65(86)58-56-54-52-50-48-46-44-42-40-38-36-28-26-24-22-20-18-16-14-12-10-8-6-4-2)63-95-79-75(93)72(90)77(67(61-84)97-79)100-81-76(94)73(91)78(68(62-85)98-81)99-80-74(92)71(89)70(88)66(60-83)96-80/h5,7,11,13,17,19,23,25,29-30,32-33,48,50,56,58,64-68,70-81,83-86,88-94H,3-4,6,8-10,12,14-16,18,20-22,24,26-28,31,34-47,49,51-55,57,59-63H2,1-2H3,(H,82,87)/b7-5-,13-11-,19-17-,25-23-,30-29-,33-32-,50-48+,58-56+. The molecule has 3 rings (SSSR count). The van der Waals surface area contributed by atoms with Crippen LogP contribution in [0.15, 0.2) is 97.2 Å². The summed E-state index contributed by atoms with van der Waals surface area (Å²) in [5.41, 5.74) is 0. The molecule has 3 aliphatic heterocycles. The third-order valence-electron chi connectivity index (χ3n) is 19.1. The second-order valence-electron chi connectivity index (χ2n) is 27.8. The lowest BCUT2D eigenvalue weighted by atomic mass is 9.96. The second-order valence-corrected chi connectivity index (χ2v) is 27.8. The molecule has 100 heavy (non-hydrogen) atoms. The average molecular weight is 1420 g/mol. The molecule has 3 fully saturated rings. The highest BCUT2D eigenvalue weighted by Crippen LogP contribution is 2.33. The maximum absolute atomic E-state index is 13.5. The second kappa shape index (κ2) is 60.9. The Balaban J connectivity index is 1.40. The van der Waals surface area contributed by atoms with Gasteiger partial charge in [-0.15, -0.1) is 0 Å². The number of unbranched alkanes of at least 4 members (excludes halogenated alkanes) is 31. The molecule has 0 aromatic carbocycles. The van der Waals surface area contributed by atoms with Crippen molar-refractivity contribution in [1.29, 1.82) is 0 Å². The number of carbonyl (C=O) groups is 1. The molecule has 1 amide bonds. The number of allylic oxidation sites excluding steroid dienone is 15. The van der Waals surface area contributed by atoms with Crippen molar-refractivity contribution in [2.75, 3.05) is 26.4 Å². The minimum absolute atomic E-state index is 0.228. The van der Waals surface area contributed by atoms with Gasteiger partial charge in [0, 0.05) is 6.42 Å². The van der Waals surface area contributed by atoms with Crippen LogP contribution in [-0.4, -0.2) is 193 Å². The normalized spacial score (nSPS) is 27.0. The zero-order valence-electron chi connectivity index (χ0n) is 61.6. The van der Waals surface area contributed by atoms with Crippen molar-refractivity contribution in [2.24, 2.45) is 0 Å². The van der Waals surface area contributed by atoms with Crippen LogP contribution in [0.2, 0.25) is 0 Å². The molecule has 19 nitrogen and oxygen atoms in total. The lowest BCUT2D eigenvalue weighted by Gasteiger charge is -2.48. The fourth-order valence-electron chi connectivity index (χ4n) is 12.8. The molecule has 0 saturated carbocycles. The van der Waals surface area contributed by atoms with E-state index in [1.54, 1.807) is 6.08 Å². The van der Waals surface area contributed by atoms with Gasteiger partial charge in [-0.3, -0.25) is 4.79 Å². The first-order valence-corrected chi connectivity index (χ1v) is 39.5. The first-order chi connectivity index (χ1) is 48.8. The molecule has 0 aromatic heterocycles. The molecule has 0 bridgehead atoms. The van der Waals surface area contributed by atoms with E-state index in [0.717, 1.165) is 89.9 Å². The Morgan fingerprint density at radius 3 is 1.12 bits per heavy atom. The van der Waals surface area contributed by atoms with Gasteiger partial charge < -0.3 is 89.9 Å². The van der Waals surface area contributed by atoms with Crippen LogP contribution in [0, 0.1) is 0 Å². The Bertz CT molecular complexity index is 2190. The summed E-state index contributed by atoms with van der Waals surface area (Å²) < 4.78 is 34.4. The molecular formula is C81H141NO18. The molecule has 0 aliphatic carbocycles. The third-order valence-corrected chi connectivity index (χ3v) is 19.1. The van der Waals surface area contributed by atoms with Crippen molar-refractivity contribution < 1.29 is 89.4 Å². The molecule has 3 aliphatic rings. The van der Waals surface area contributed by atoms with Crippen LogP contribution in [0.1, 0.15) is 277 Å². The quantitative estimate of drug-likeness (QED) is 0.0199. The van der Waals surface area contributed by atoms with E-state index < -0.39 is 124 Å². The number of aliphatic hydroxyl groups excluding tert-OH is 11. The zero-order valence-corrected chi connectivity index (χ0v) is 61.6. The predicted molar refractivity (Wildman–Crippen MR) is 397 cm³/mol. The molecule has 17 unspecified atom stereocenters. The summed E-state index contributed by atoms with van der Waals surface area (Å²) in [5, 5.41) is 121. The Labute approximate surface area is 603 Å². The van der Waals surface area contributed by atoms with Crippen LogP contribution >= 0.6 is 0 Å². The number of aliphatic hydroxyl groups is 11. The number of carbonyl (C=O) groups excluding carboxylic acids is 1. The van der Waals surface area contributed by atoms with E-state index in [9.17, 15) is 61.0 Å². The molecule has 0 spiro atoms. The van der Waals surface area contributed by atoms with Crippen LogP contribution in [0.3, 0.4) is 0 Å². The Morgan fingerprint density at radius 2 is 0.700 bits per heavy atom. The first kappa shape index (κ1) is 90.9. The molecule has 3 saturated heterocycles. The van der Waals surface area contributed by atoms with Gasteiger partial charge >= 0.3 is 0 Å². The molecule has 0 aromatic rings. The summed E-state index contributed by atoms with van der Waals surface area (Å²) >= 11 is 0. The fraction of sp³-hybridized carbons (Fsp3) is 0.790. The highest BCUT2D eigenvalue weighted by Gasteiger charge is 2.53. The SMILES string of the molecule is CC/C=C\C/C=C\C/C=C\C/C=C\C/C=C\C/C=C\CCCCCCCCCCCCCCC(=O)NC(COC1OC(CO)C(OC2OC(CO)C(OC3OC(CO)C(O)C(O)C3O)C(O)C2O)C(O)C1O)C(O)/C=C/CC/C=C/CCCCCCCCCCCCCCCCCCCC. The number of rotatable bonds is 61. The van der Waals surface area contributed by atoms with Gasteiger partial charge in [0.1, 0.15) is 73.2 Å². The highest BCUT2D eigenvalue weighted by atomic mass is 16.8. The first-order valence-electron chi connectivity index (χ1n) is 39.5. The monoisotopic (exact) mass is 1420 g/mol. The Morgan fingerprint density at radius 1 is 0.370 bits per heavy atom. The number of ether oxygens (including phenoxy) is 6. The molecular weight excluding hydrogens is 1270 g/mol. The van der Waals surface area contributed by atoms with E-state index in [4.69, 9.17) is 28.4 Å². The van der Waals surface area contributed by atoms with Gasteiger partial charge in [0.15, 0.2) is 18.9 Å². The summed E-state index contributed by atoms with van der Waals surface area (Å²) in [7, 11) is 0. The van der Waals surface area contributed by atoms with Gasteiger partial charge in [0.25, 0.3) is 0 Å². The summed E-state index contributed by atoms with van der Waals surface area (Å²) in [4.78, 5) is 13.5. The Hall–Kier alpha value is -3.29. The summed E-state index contributed by atoms with van der Waals surface area (Å²) in [6.45, 7) is 1.62. The van der Waals surface area contributed by atoms with Crippen LogP contribution < -0.4 is 5.32 Å². The summed E-state index contributed by atoms with van der Waals surface area (Å²) in [6.07, 6.45) is 55.3. The molecule has 0 radical (unpaired) electrons. The van der Waals surface area contributed by atoms with Gasteiger partial charge in [-0.25, -0.2) is 0 Å². The van der Waals surface area contributed by atoms with Crippen LogP contribution in [-0.2, 0) is 33.2 Å². The number of nitrogens with one attached hydrogen (secondary N) is 1. The molecule has 12 N–H and O–H groups in total. The lowest BCUT2D eigenvalue weighted by molar-refractivity contribution is -0.379. The van der Waals surface area contributed by atoms with Crippen LogP contribution in [0.25, 0.3) is 0 Å². The zero-order chi connectivity index (χ0) is 72.5. The van der Waals surface area contributed by atoms with Gasteiger partial charge in [-0.2, -0.15) is 0 Å².